The van der Waals surface area contributed by atoms with E-state index in [4.69, 9.17) is 0 Å². The molecule has 7 nitrogen and oxygen atoms in total. The SMILES string of the molecule is Cc1cc(-c2n[nH]c(-c3ncc(C4CCN(CC(C)(C)C)CC4)s3)c2CC(F)(F)F)cn2ncnc12. The van der Waals surface area contributed by atoms with Crippen molar-refractivity contribution in [2.75, 3.05) is 19.6 Å². The van der Waals surface area contributed by atoms with Crippen LogP contribution < -0.4 is 0 Å². The van der Waals surface area contributed by atoms with E-state index in [0.29, 0.717) is 27.8 Å². The van der Waals surface area contributed by atoms with E-state index in [0.717, 1.165) is 42.9 Å². The van der Waals surface area contributed by atoms with Gasteiger partial charge in [0.25, 0.3) is 0 Å². The molecule has 0 saturated carbocycles. The number of H-pyrrole nitrogens is 1. The zero-order chi connectivity index (χ0) is 25.7. The molecular weight excluding hydrogens is 487 g/mol. The molecule has 0 spiro atoms. The molecule has 1 aliphatic heterocycles. The predicted molar refractivity (Wildman–Crippen MR) is 134 cm³/mol. The summed E-state index contributed by atoms with van der Waals surface area (Å²) in [7, 11) is 0. The van der Waals surface area contributed by atoms with Crippen LogP contribution in [-0.2, 0) is 6.42 Å². The normalized spacial score (nSPS) is 16.3. The highest BCUT2D eigenvalue weighted by molar-refractivity contribution is 7.15. The zero-order valence-corrected chi connectivity index (χ0v) is 21.7. The van der Waals surface area contributed by atoms with Crippen LogP contribution in [0.15, 0.2) is 24.8 Å². The molecule has 0 unspecified atom stereocenters. The van der Waals surface area contributed by atoms with Crippen LogP contribution in [0.2, 0.25) is 0 Å². The second-order valence-corrected chi connectivity index (χ2v) is 11.9. The van der Waals surface area contributed by atoms with Crippen LogP contribution in [0.5, 0.6) is 0 Å². The Bertz CT molecular complexity index is 1350. The minimum absolute atomic E-state index is 0.0993. The lowest BCUT2D eigenvalue weighted by Gasteiger charge is -2.35. The molecule has 4 aromatic heterocycles. The maximum absolute atomic E-state index is 13.7. The predicted octanol–water partition coefficient (Wildman–Crippen LogP) is 5.88. The van der Waals surface area contributed by atoms with Gasteiger partial charge in [0, 0.05) is 34.9 Å². The van der Waals surface area contributed by atoms with E-state index >= 15 is 0 Å². The molecule has 1 N–H and O–H groups in total. The third-order valence-electron chi connectivity index (χ3n) is 6.50. The fourth-order valence-corrected chi connectivity index (χ4v) is 6.12. The average molecular weight is 518 g/mol. The van der Waals surface area contributed by atoms with Gasteiger partial charge in [-0.15, -0.1) is 11.3 Å². The highest BCUT2D eigenvalue weighted by atomic mass is 32.1. The highest BCUT2D eigenvalue weighted by Crippen LogP contribution is 2.40. The number of hydrogen-bond donors (Lipinski definition) is 1. The Morgan fingerprint density at radius 3 is 2.58 bits per heavy atom. The summed E-state index contributed by atoms with van der Waals surface area (Å²) < 4.78 is 42.5. The fraction of sp³-hybridized carbons (Fsp3) is 0.520. The van der Waals surface area contributed by atoms with E-state index < -0.39 is 12.6 Å². The number of nitrogens with zero attached hydrogens (tertiary/aromatic N) is 6. The first-order valence-electron chi connectivity index (χ1n) is 12.1. The second kappa shape index (κ2) is 9.26. The molecule has 4 aromatic rings. The number of fused-ring (bicyclic) bond motifs is 1. The van der Waals surface area contributed by atoms with Gasteiger partial charge in [-0.2, -0.15) is 23.4 Å². The molecular formula is C25H30F3N7S. The smallest absolute Gasteiger partial charge is 0.303 e. The van der Waals surface area contributed by atoms with Crippen molar-refractivity contribution < 1.29 is 13.2 Å². The van der Waals surface area contributed by atoms with E-state index in [2.05, 4.69) is 50.9 Å². The first-order valence-corrected chi connectivity index (χ1v) is 12.9. The number of aromatic amines is 1. The monoisotopic (exact) mass is 517 g/mol. The molecule has 1 fully saturated rings. The van der Waals surface area contributed by atoms with Crippen molar-refractivity contribution >= 4 is 17.0 Å². The third-order valence-corrected chi connectivity index (χ3v) is 7.68. The summed E-state index contributed by atoms with van der Waals surface area (Å²) in [5, 5.41) is 11.9. The Morgan fingerprint density at radius 2 is 1.89 bits per heavy atom. The summed E-state index contributed by atoms with van der Waals surface area (Å²) in [4.78, 5) is 12.3. The molecule has 1 aliphatic rings. The van der Waals surface area contributed by atoms with Crippen molar-refractivity contribution in [1.29, 1.82) is 0 Å². The summed E-state index contributed by atoms with van der Waals surface area (Å²) in [6.07, 6.45) is 1.48. The lowest BCUT2D eigenvalue weighted by molar-refractivity contribution is -0.127. The van der Waals surface area contributed by atoms with Crippen LogP contribution in [0, 0.1) is 12.3 Å². The van der Waals surface area contributed by atoms with Crippen LogP contribution in [-0.4, -0.2) is 60.5 Å². The molecule has 0 aliphatic carbocycles. The van der Waals surface area contributed by atoms with E-state index in [1.165, 1.54) is 17.7 Å². The standard InChI is InChI=1S/C25H30F3N7S/c1-15-9-17(12-35-22(15)30-14-31-35)20-18(10-25(26,27)28)21(33-32-20)23-29-11-19(36-23)16-5-7-34(8-6-16)13-24(2,3)4/h9,11-12,14,16H,5-8,10,13H2,1-4H3,(H,32,33). The summed E-state index contributed by atoms with van der Waals surface area (Å²) in [5.41, 5.74) is 2.97. The second-order valence-electron chi connectivity index (χ2n) is 10.8. The zero-order valence-electron chi connectivity index (χ0n) is 20.9. The molecule has 1 saturated heterocycles. The van der Waals surface area contributed by atoms with Gasteiger partial charge in [0.1, 0.15) is 11.3 Å². The molecule has 0 radical (unpaired) electrons. The number of aromatic nitrogens is 6. The number of nitrogens with one attached hydrogen (secondary N) is 1. The summed E-state index contributed by atoms with van der Waals surface area (Å²) in [5.74, 6) is 0.373. The van der Waals surface area contributed by atoms with Gasteiger partial charge >= 0.3 is 6.18 Å². The summed E-state index contributed by atoms with van der Waals surface area (Å²) >= 11 is 1.47. The highest BCUT2D eigenvalue weighted by Gasteiger charge is 2.34. The summed E-state index contributed by atoms with van der Waals surface area (Å²) in [6.45, 7) is 11.7. The van der Waals surface area contributed by atoms with Crippen molar-refractivity contribution in [2.24, 2.45) is 5.41 Å². The molecule has 0 bridgehead atoms. The lowest BCUT2D eigenvalue weighted by Crippen LogP contribution is -2.38. The topological polar surface area (TPSA) is 75.0 Å². The van der Waals surface area contributed by atoms with Crippen molar-refractivity contribution in [3.05, 3.63) is 40.8 Å². The number of alkyl halides is 3. The molecule has 0 amide bonds. The van der Waals surface area contributed by atoms with Crippen molar-refractivity contribution in [3.63, 3.8) is 0 Å². The average Bonchev–Trinajstić information content (AvgIpc) is 3.51. The van der Waals surface area contributed by atoms with Crippen molar-refractivity contribution in [3.8, 4) is 22.0 Å². The van der Waals surface area contributed by atoms with Crippen LogP contribution in [0.3, 0.4) is 0 Å². The van der Waals surface area contributed by atoms with Gasteiger partial charge in [-0.25, -0.2) is 14.5 Å². The third kappa shape index (κ3) is 5.31. The Morgan fingerprint density at radius 1 is 1.14 bits per heavy atom. The van der Waals surface area contributed by atoms with Gasteiger partial charge in [-0.05, 0) is 55.8 Å². The number of rotatable bonds is 5. The largest absolute Gasteiger partial charge is 0.393 e. The Kier molecular flexibility index (Phi) is 6.40. The Hall–Kier alpha value is -2.79. The maximum atomic E-state index is 13.7. The van der Waals surface area contributed by atoms with E-state index in [1.807, 2.05) is 13.1 Å². The van der Waals surface area contributed by atoms with Crippen LogP contribution in [0.1, 0.15) is 55.5 Å². The maximum Gasteiger partial charge on any atom is 0.393 e. The minimum atomic E-state index is -4.39. The van der Waals surface area contributed by atoms with Crippen LogP contribution in [0.25, 0.3) is 27.6 Å². The molecule has 0 aromatic carbocycles. The van der Waals surface area contributed by atoms with E-state index in [-0.39, 0.29) is 16.7 Å². The van der Waals surface area contributed by atoms with E-state index in [1.54, 1.807) is 16.8 Å². The summed E-state index contributed by atoms with van der Waals surface area (Å²) in [6, 6.07) is 1.79. The van der Waals surface area contributed by atoms with Gasteiger partial charge < -0.3 is 4.90 Å². The van der Waals surface area contributed by atoms with Gasteiger partial charge in [0.2, 0.25) is 0 Å². The molecule has 0 atom stereocenters. The number of aryl methyl sites for hydroxylation is 1. The number of pyridine rings is 1. The van der Waals surface area contributed by atoms with Crippen molar-refractivity contribution in [1.82, 2.24) is 34.7 Å². The van der Waals surface area contributed by atoms with Crippen molar-refractivity contribution in [2.45, 2.75) is 59.1 Å². The Balaban J connectivity index is 1.44. The molecule has 192 valence electrons. The van der Waals surface area contributed by atoms with Crippen LogP contribution >= 0.6 is 11.3 Å². The minimum Gasteiger partial charge on any atom is -0.303 e. The van der Waals surface area contributed by atoms with Gasteiger partial charge in [-0.3, -0.25) is 5.10 Å². The molecule has 36 heavy (non-hydrogen) atoms. The van der Waals surface area contributed by atoms with Gasteiger partial charge in [0.15, 0.2) is 5.65 Å². The van der Waals surface area contributed by atoms with Crippen LogP contribution in [0.4, 0.5) is 13.2 Å². The Labute approximate surface area is 211 Å². The first-order chi connectivity index (χ1) is 17.0. The number of likely N-dealkylation sites (tertiary alicyclic amines) is 1. The van der Waals surface area contributed by atoms with Gasteiger partial charge in [-0.1, -0.05) is 20.8 Å². The molecule has 11 heteroatoms. The first kappa shape index (κ1) is 24.9. The number of hydrogen-bond acceptors (Lipinski definition) is 6. The van der Waals surface area contributed by atoms with E-state index in [9.17, 15) is 13.2 Å². The molecule has 5 rings (SSSR count). The molecule has 5 heterocycles. The fourth-order valence-electron chi connectivity index (χ4n) is 5.01. The lowest BCUT2D eigenvalue weighted by atomic mass is 9.91. The number of thiazole rings is 1. The quantitative estimate of drug-likeness (QED) is 0.358. The number of piperidine rings is 1. The van der Waals surface area contributed by atoms with Gasteiger partial charge in [0.05, 0.1) is 17.8 Å². The number of halogens is 3.